The lowest BCUT2D eigenvalue weighted by atomic mass is 9.86. The quantitative estimate of drug-likeness (QED) is 0.0450. The summed E-state index contributed by atoms with van der Waals surface area (Å²) in [6.45, 7) is 21.1. The van der Waals surface area contributed by atoms with Crippen LogP contribution in [0.25, 0.3) is 0 Å². The maximum atomic E-state index is 17.5. The monoisotopic (exact) mass is 1280 g/mol. The molecule has 4 nitrogen and oxygen atoms in total. The van der Waals surface area contributed by atoms with Gasteiger partial charge in [0.05, 0.1) is 16.8 Å². The zero-order chi connectivity index (χ0) is 65.0. The van der Waals surface area contributed by atoms with Crippen LogP contribution in [0.5, 0.6) is 0 Å². The number of phosphoric ester groups is 1. The van der Waals surface area contributed by atoms with Crippen LogP contribution in [0.1, 0.15) is 525 Å². The summed E-state index contributed by atoms with van der Waals surface area (Å²) in [6, 6.07) is 0. The molecule has 0 heterocycles. The lowest BCUT2D eigenvalue weighted by molar-refractivity contribution is -0.0900. The fraction of sp³-hybridized carbons (Fsp3) is 1.00. The highest BCUT2D eigenvalue weighted by Gasteiger charge is 2.50. The Bertz CT molecular complexity index is 1160. The molecular formula is C84H171O4P. The third kappa shape index (κ3) is 55.9. The molecule has 0 saturated heterocycles. The molecule has 536 valence electrons. The minimum atomic E-state index is -4.15. The summed E-state index contributed by atoms with van der Waals surface area (Å²) >= 11 is 0. The Morgan fingerprint density at radius 3 is 0.382 bits per heavy atom. The fourth-order valence-corrected chi connectivity index (χ4v) is 17.6. The molecule has 0 radical (unpaired) electrons. The second-order valence-corrected chi connectivity index (χ2v) is 31.6. The van der Waals surface area contributed by atoms with Gasteiger partial charge in [-0.05, 0) is 57.8 Å². The highest BCUT2D eigenvalue weighted by molar-refractivity contribution is 7.48. The van der Waals surface area contributed by atoms with E-state index in [1.807, 2.05) is 0 Å². The van der Waals surface area contributed by atoms with Crippen LogP contribution in [0.15, 0.2) is 0 Å². The van der Waals surface area contributed by atoms with Crippen molar-refractivity contribution in [2.45, 2.75) is 541 Å². The van der Waals surface area contributed by atoms with Gasteiger partial charge in [0.15, 0.2) is 0 Å². The Balaban J connectivity index is 7.64. The molecule has 0 aromatic heterocycles. The minimum absolute atomic E-state index is 0.511. The second kappa shape index (κ2) is 68.1. The summed E-state index contributed by atoms with van der Waals surface area (Å²) < 4.78 is 41.3. The Labute approximate surface area is 564 Å². The normalized spacial score (nSPS) is 12.6. The van der Waals surface area contributed by atoms with Crippen molar-refractivity contribution < 1.29 is 18.1 Å². The maximum absolute atomic E-state index is 17.5. The summed E-state index contributed by atoms with van der Waals surface area (Å²) in [5.74, 6) is 0. The Morgan fingerprint density at radius 2 is 0.270 bits per heavy atom. The highest BCUT2D eigenvalue weighted by atomic mass is 31.2. The predicted octanol–water partition coefficient (Wildman–Crippen LogP) is 32.6. The summed E-state index contributed by atoms with van der Waals surface area (Å²) in [5.41, 5.74) is -1.53. The molecule has 0 atom stereocenters. The van der Waals surface area contributed by atoms with Crippen molar-refractivity contribution in [1.29, 1.82) is 0 Å². The third-order valence-corrected chi connectivity index (χ3v) is 22.8. The molecule has 0 aliphatic carbocycles. The molecule has 0 unspecified atom stereocenters. The van der Waals surface area contributed by atoms with Crippen LogP contribution in [0.4, 0.5) is 0 Å². The SMILES string of the molecule is CCCCCCCCCCCCC(CCC)(CCCCCCCCCCCC)OP(=O)(OC(CCC)(CCCCCCCCCCCC)CCCCCCCCCCCC)OC(CCC)(CCCCCCCCCCCC)CCCCCCCCCCCC. The lowest BCUT2D eigenvalue weighted by Crippen LogP contribution is -2.40. The Hall–Kier alpha value is 0.110. The molecule has 0 aromatic carbocycles. The first-order valence-corrected chi connectivity index (χ1v) is 43.8. The fourth-order valence-electron chi connectivity index (χ4n) is 15.3. The van der Waals surface area contributed by atoms with Crippen LogP contribution in [-0.4, -0.2) is 16.8 Å². The first-order valence-electron chi connectivity index (χ1n) is 42.4. The van der Waals surface area contributed by atoms with E-state index in [1.165, 1.54) is 347 Å². The van der Waals surface area contributed by atoms with Gasteiger partial charge >= 0.3 is 7.82 Å². The van der Waals surface area contributed by atoms with Crippen LogP contribution in [0.3, 0.4) is 0 Å². The molecule has 0 rings (SSSR count). The van der Waals surface area contributed by atoms with Crippen molar-refractivity contribution >= 4 is 7.82 Å². The van der Waals surface area contributed by atoms with Gasteiger partial charge in [-0.2, -0.15) is 0 Å². The highest BCUT2D eigenvalue weighted by Crippen LogP contribution is 2.63. The molecule has 89 heavy (non-hydrogen) atoms. The molecule has 0 aliphatic rings. The van der Waals surface area contributed by atoms with Crippen molar-refractivity contribution in [1.82, 2.24) is 0 Å². The molecule has 0 N–H and O–H groups in total. The zero-order valence-corrected chi connectivity index (χ0v) is 64.4. The van der Waals surface area contributed by atoms with E-state index in [2.05, 4.69) is 62.3 Å². The molecule has 0 aliphatic heterocycles. The third-order valence-electron chi connectivity index (χ3n) is 20.9. The van der Waals surface area contributed by atoms with Gasteiger partial charge in [-0.25, -0.2) is 4.57 Å². The predicted molar refractivity (Wildman–Crippen MR) is 403 cm³/mol. The first-order chi connectivity index (χ1) is 43.7. The van der Waals surface area contributed by atoms with Gasteiger partial charge in [-0.15, -0.1) is 0 Å². The van der Waals surface area contributed by atoms with Crippen molar-refractivity contribution in [3.63, 3.8) is 0 Å². The van der Waals surface area contributed by atoms with Crippen molar-refractivity contribution in [3.05, 3.63) is 0 Å². The van der Waals surface area contributed by atoms with E-state index in [4.69, 9.17) is 13.6 Å². The number of hydrogen-bond donors (Lipinski definition) is 0. The zero-order valence-electron chi connectivity index (χ0n) is 63.5. The van der Waals surface area contributed by atoms with Gasteiger partial charge in [0.2, 0.25) is 0 Å². The maximum Gasteiger partial charge on any atom is 0.476 e. The summed E-state index contributed by atoms with van der Waals surface area (Å²) in [6.07, 6.45) is 91.3. The van der Waals surface area contributed by atoms with Crippen LogP contribution in [0.2, 0.25) is 0 Å². The van der Waals surface area contributed by atoms with E-state index in [-0.39, 0.29) is 0 Å². The van der Waals surface area contributed by atoms with Crippen LogP contribution < -0.4 is 0 Å². The van der Waals surface area contributed by atoms with Gasteiger partial charge in [-0.3, -0.25) is 13.6 Å². The summed E-state index contributed by atoms with van der Waals surface area (Å²) in [5, 5.41) is 0. The van der Waals surface area contributed by atoms with Gasteiger partial charge in [0.1, 0.15) is 0 Å². The van der Waals surface area contributed by atoms with Gasteiger partial charge in [0, 0.05) is 0 Å². The number of unbranched alkanes of at least 4 members (excludes halogenated alkanes) is 54. The Kier molecular flexibility index (Phi) is 68.1. The number of rotatable bonds is 78. The number of hydrogen-bond acceptors (Lipinski definition) is 4. The van der Waals surface area contributed by atoms with E-state index < -0.39 is 24.6 Å². The van der Waals surface area contributed by atoms with E-state index in [1.54, 1.807) is 0 Å². The van der Waals surface area contributed by atoms with Crippen LogP contribution >= 0.6 is 7.82 Å². The molecular weight excluding hydrogens is 1100 g/mol. The van der Waals surface area contributed by atoms with Crippen molar-refractivity contribution in [2.24, 2.45) is 0 Å². The average molecular weight is 1280 g/mol. The molecule has 0 aromatic rings. The average Bonchev–Trinajstić information content (AvgIpc) is 2.11. The standard InChI is InChI=1S/C84H171O4P/c1-10-19-25-31-37-43-49-55-61-67-76-82(73-16-7,77-68-62-56-50-44-38-32-26-20-11-2)86-89(85,87-83(74-17-8,78-69-63-57-51-45-39-33-27-21-12-3)79-70-64-58-52-46-40-34-28-22-13-4)88-84(75-18-9,80-71-65-59-53-47-41-35-29-23-14-5)81-72-66-60-54-48-42-36-30-24-15-6/h10-81H2,1-9H3. The molecule has 0 amide bonds. The van der Waals surface area contributed by atoms with E-state index in [0.717, 1.165) is 116 Å². The van der Waals surface area contributed by atoms with Gasteiger partial charge in [-0.1, -0.05) is 467 Å². The molecule has 0 fully saturated rings. The van der Waals surface area contributed by atoms with Crippen LogP contribution in [-0.2, 0) is 18.1 Å². The lowest BCUT2D eigenvalue weighted by Gasteiger charge is -2.45. The summed E-state index contributed by atoms with van der Waals surface area (Å²) in [4.78, 5) is 0. The summed E-state index contributed by atoms with van der Waals surface area (Å²) in [7, 11) is -4.15. The van der Waals surface area contributed by atoms with E-state index in [9.17, 15) is 0 Å². The second-order valence-electron chi connectivity index (χ2n) is 30.1. The van der Waals surface area contributed by atoms with Gasteiger partial charge < -0.3 is 0 Å². The van der Waals surface area contributed by atoms with Crippen LogP contribution in [0, 0.1) is 0 Å². The molecule has 0 bridgehead atoms. The molecule has 0 spiro atoms. The van der Waals surface area contributed by atoms with E-state index >= 15 is 4.57 Å². The number of phosphoric acid groups is 1. The van der Waals surface area contributed by atoms with E-state index in [0.29, 0.717) is 0 Å². The molecule has 0 saturated carbocycles. The molecule has 5 heteroatoms. The Morgan fingerprint density at radius 1 is 0.157 bits per heavy atom. The van der Waals surface area contributed by atoms with Crippen molar-refractivity contribution in [2.75, 3.05) is 0 Å². The van der Waals surface area contributed by atoms with Gasteiger partial charge in [0.25, 0.3) is 0 Å². The largest absolute Gasteiger partial charge is 0.476 e. The minimum Gasteiger partial charge on any atom is -0.280 e. The van der Waals surface area contributed by atoms with Crippen molar-refractivity contribution in [3.8, 4) is 0 Å². The smallest absolute Gasteiger partial charge is 0.280 e. The first kappa shape index (κ1) is 89.1. The topological polar surface area (TPSA) is 44.8 Å².